The lowest BCUT2D eigenvalue weighted by molar-refractivity contribution is 0.101. The van der Waals surface area contributed by atoms with Gasteiger partial charge in [0.05, 0.1) is 11.3 Å². The first-order chi connectivity index (χ1) is 7.91. The minimum absolute atomic E-state index is 0.159. The van der Waals surface area contributed by atoms with Crippen molar-refractivity contribution in [3.63, 3.8) is 0 Å². The third kappa shape index (κ3) is 4.11. The van der Waals surface area contributed by atoms with Crippen LogP contribution in [0.25, 0.3) is 0 Å². The molecule has 0 saturated heterocycles. The van der Waals surface area contributed by atoms with Gasteiger partial charge >= 0.3 is 0 Å². The van der Waals surface area contributed by atoms with Crippen molar-refractivity contribution in [3.05, 3.63) is 35.4 Å². The van der Waals surface area contributed by atoms with E-state index >= 15 is 0 Å². The molecule has 1 aromatic rings. The molecule has 0 radical (unpaired) electrons. The summed E-state index contributed by atoms with van der Waals surface area (Å²) >= 11 is 1.46. The van der Waals surface area contributed by atoms with Gasteiger partial charge in [0.25, 0.3) is 0 Å². The summed E-state index contributed by atoms with van der Waals surface area (Å²) in [5.74, 6) is -0.977. The van der Waals surface area contributed by atoms with Crippen LogP contribution in [0, 0.1) is 17.6 Å². The number of hydrogen-bond acceptors (Lipinski definition) is 2. The van der Waals surface area contributed by atoms with E-state index < -0.39 is 11.6 Å². The molecule has 1 atom stereocenters. The van der Waals surface area contributed by atoms with Crippen LogP contribution in [0.1, 0.15) is 31.1 Å². The molecule has 94 valence electrons. The fraction of sp³-hybridized carbons (Fsp3) is 0.462. The minimum Gasteiger partial charge on any atom is -0.293 e. The first kappa shape index (κ1) is 14.2. The van der Waals surface area contributed by atoms with Crippen molar-refractivity contribution in [2.24, 2.45) is 5.92 Å². The van der Waals surface area contributed by atoms with Crippen LogP contribution in [0.5, 0.6) is 0 Å². The molecule has 0 spiro atoms. The van der Waals surface area contributed by atoms with E-state index in [1.165, 1.54) is 11.8 Å². The van der Waals surface area contributed by atoms with Gasteiger partial charge in [-0.25, -0.2) is 8.78 Å². The summed E-state index contributed by atoms with van der Waals surface area (Å²) in [6.45, 7) is 6.14. The van der Waals surface area contributed by atoms with Crippen molar-refractivity contribution in [1.82, 2.24) is 0 Å². The Bertz CT molecular complexity index is 404. The van der Waals surface area contributed by atoms with Gasteiger partial charge in [0, 0.05) is 5.25 Å². The fourth-order valence-electron chi connectivity index (χ4n) is 1.19. The monoisotopic (exact) mass is 258 g/mol. The first-order valence-electron chi connectivity index (χ1n) is 5.51. The molecule has 0 saturated carbocycles. The molecule has 17 heavy (non-hydrogen) atoms. The van der Waals surface area contributed by atoms with Gasteiger partial charge in [-0.15, -0.1) is 0 Å². The highest BCUT2D eigenvalue weighted by Gasteiger charge is 2.15. The number of benzene rings is 1. The summed E-state index contributed by atoms with van der Waals surface area (Å²) < 4.78 is 26.2. The van der Waals surface area contributed by atoms with Crippen LogP contribution in [0.15, 0.2) is 18.2 Å². The number of ketones is 1. The number of carbonyl (C=O) groups is 1. The van der Waals surface area contributed by atoms with Crippen LogP contribution in [0.3, 0.4) is 0 Å². The second-order valence-corrected chi connectivity index (χ2v) is 5.67. The Balaban J connectivity index is 2.67. The molecule has 0 aliphatic rings. The van der Waals surface area contributed by atoms with E-state index in [-0.39, 0.29) is 17.1 Å². The normalized spacial score (nSPS) is 12.8. The average Bonchev–Trinajstić information content (AvgIpc) is 2.28. The van der Waals surface area contributed by atoms with Gasteiger partial charge in [-0.3, -0.25) is 4.79 Å². The Hall–Kier alpha value is -0.900. The zero-order valence-corrected chi connectivity index (χ0v) is 11.0. The van der Waals surface area contributed by atoms with Gasteiger partial charge < -0.3 is 0 Å². The molecule has 1 nitrogen and oxygen atoms in total. The average molecular weight is 258 g/mol. The van der Waals surface area contributed by atoms with Crippen molar-refractivity contribution in [2.45, 2.75) is 26.0 Å². The predicted octanol–water partition coefficient (Wildman–Crippen LogP) is 3.93. The number of thioether (sulfide) groups is 1. The molecule has 0 heterocycles. The number of halogens is 2. The number of hydrogen-bond donors (Lipinski definition) is 0. The third-order valence-electron chi connectivity index (χ3n) is 2.64. The molecule has 0 bridgehead atoms. The van der Waals surface area contributed by atoms with E-state index in [2.05, 4.69) is 13.8 Å². The first-order valence-corrected chi connectivity index (χ1v) is 6.56. The maximum absolute atomic E-state index is 13.3. The standard InChI is InChI=1S/C13H16F2OS/c1-8(2)9(3)17-7-13(16)11-6-10(14)4-5-12(11)15/h4-6,8-9H,7H2,1-3H3. The molecule has 0 aromatic heterocycles. The smallest absolute Gasteiger partial charge is 0.175 e. The highest BCUT2D eigenvalue weighted by atomic mass is 32.2. The van der Waals surface area contributed by atoms with E-state index in [9.17, 15) is 13.6 Å². The predicted molar refractivity (Wildman–Crippen MR) is 67.4 cm³/mol. The molecule has 0 fully saturated rings. The lowest BCUT2D eigenvalue weighted by atomic mass is 10.1. The highest BCUT2D eigenvalue weighted by molar-refractivity contribution is 8.00. The van der Waals surface area contributed by atoms with Crippen LogP contribution in [0.2, 0.25) is 0 Å². The van der Waals surface area contributed by atoms with Crippen molar-refractivity contribution in [3.8, 4) is 0 Å². The third-order valence-corrected chi connectivity index (χ3v) is 4.14. The zero-order valence-electron chi connectivity index (χ0n) is 10.2. The summed E-state index contributed by atoms with van der Waals surface area (Å²) in [5.41, 5.74) is -0.159. The van der Waals surface area contributed by atoms with Gasteiger partial charge in [-0.1, -0.05) is 20.8 Å². The number of carbonyl (C=O) groups excluding carboxylic acids is 1. The minimum atomic E-state index is -0.658. The molecule has 1 unspecified atom stereocenters. The summed E-state index contributed by atoms with van der Waals surface area (Å²) in [7, 11) is 0. The summed E-state index contributed by atoms with van der Waals surface area (Å²) in [5, 5.41) is 0.315. The molecular weight excluding hydrogens is 242 g/mol. The van der Waals surface area contributed by atoms with Gasteiger partial charge in [-0.05, 0) is 24.1 Å². The van der Waals surface area contributed by atoms with Crippen molar-refractivity contribution in [1.29, 1.82) is 0 Å². The fourth-order valence-corrected chi connectivity index (χ4v) is 2.14. The molecule has 1 rings (SSSR count). The van der Waals surface area contributed by atoms with E-state index in [0.717, 1.165) is 18.2 Å². The van der Waals surface area contributed by atoms with E-state index in [1.54, 1.807) is 0 Å². The van der Waals surface area contributed by atoms with Gasteiger partial charge in [-0.2, -0.15) is 11.8 Å². The highest BCUT2D eigenvalue weighted by Crippen LogP contribution is 2.21. The van der Waals surface area contributed by atoms with Crippen molar-refractivity contribution >= 4 is 17.5 Å². The molecule has 0 N–H and O–H groups in total. The van der Waals surface area contributed by atoms with Crippen LogP contribution in [-0.4, -0.2) is 16.8 Å². The molecule has 4 heteroatoms. The van der Waals surface area contributed by atoms with Gasteiger partial charge in [0.2, 0.25) is 0 Å². The summed E-state index contributed by atoms with van der Waals surface area (Å²) in [4.78, 5) is 11.7. The SMILES string of the molecule is CC(C)C(C)SCC(=O)c1cc(F)ccc1F. The lowest BCUT2D eigenvalue weighted by Crippen LogP contribution is -2.12. The number of rotatable bonds is 5. The van der Waals surface area contributed by atoms with Crippen LogP contribution < -0.4 is 0 Å². The van der Waals surface area contributed by atoms with E-state index in [1.807, 2.05) is 6.92 Å². The van der Waals surface area contributed by atoms with Crippen LogP contribution >= 0.6 is 11.8 Å². The maximum atomic E-state index is 13.3. The van der Waals surface area contributed by atoms with E-state index in [0.29, 0.717) is 11.2 Å². The lowest BCUT2D eigenvalue weighted by Gasteiger charge is -2.14. The second-order valence-electron chi connectivity index (χ2n) is 4.31. The van der Waals surface area contributed by atoms with Crippen LogP contribution in [0.4, 0.5) is 8.78 Å². The van der Waals surface area contributed by atoms with Gasteiger partial charge in [0.1, 0.15) is 11.6 Å². The van der Waals surface area contributed by atoms with Gasteiger partial charge in [0.15, 0.2) is 5.78 Å². The Labute approximate surface area is 105 Å². The van der Waals surface area contributed by atoms with Crippen LogP contribution in [-0.2, 0) is 0 Å². The summed E-state index contributed by atoms with van der Waals surface area (Å²) in [6.07, 6.45) is 0. The summed E-state index contributed by atoms with van der Waals surface area (Å²) in [6, 6.07) is 2.95. The molecular formula is C13H16F2OS. The quantitative estimate of drug-likeness (QED) is 0.744. The molecule has 1 aromatic carbocycles. The number of Topliss-reactive ketones (excluding diaryl/α,β-unsaturated/α-hetero) is 1. The topological polar surface area (TPSA) is 17.1 Å². The molecule has 0 aliphatic carbocycles. The van der Waals surface area contributed by atoms with Crippen molar-refractivity contribution in [2.75, 3.05) is 5.75 Å². The Morgan fingerprint density at radius 3 is 2.53 bits per heavy atom. The Morgan fingerprint density at radius 1 is 1.29 bits per heavy atom. The molecule has 0 amide bonds. The zero-order chi connectivity index (χ0) is 13.0. The molecule has 0 aliphatic heterocycles. The van der Waals surface area contributed by atoms with Crippen molar-refractivity contribution < 1.29 is 13.6 Å². The maximum Gasteiger partial charge on any atom is 0.175 e. The largest absolute Gasteiger partial charge is 0.293 e. The van der Waals surface area contributed by atoms with E-state index in [4.69, 9.17) is 0 Å². The second kappa shape index (κ2) is 6.15. The Kier molecular flexibility index (Phi) is 5.12. The Morgan fingerprint density at radius 2 is 1.94 bits per heavy atom.